The number of hydrogen-bond acceptors (Lipinski definition) is 2. The van der Waals surface area contributed by atoms with Crippen molar-refractivity contribution in [2.24, 2.45) is 4.99 Å². The molecule has 1 saturated carbocycles. The molecule has 0 radical (unpaired) electrons. The van der Waals surface area contributed by atoms with Gasteiger partial charge in [-0.25, -0.2) is 9.38 Å². The number of benzene rings is 1. The number of amides is 1. The Bertz CT molecular complexity index is 568. The number of rotatable bonds is 6. The molecule has 2 rings (SSSR count). The largest absolute Gasteiger partial charge is 0.356 e. The molecule has 1 aliphatic carbocycles. The minimum atomic E-state index is -0.220. The van der Waals surface area contributed by atoms with Crippen molar-refractivity contribution in [3.63, 3.8) is 0 Å². The summed E-state index contributed by atoms with van der Waals surface area (Å²) in [6.07, 6.45) is 5.42. The van der Waals surface area contributed by atoms with E-state index in [-0.39, 0.29) is 18.3 Å². The summed E-state index contributed by atoms with van der Waals surface area (Å²) in [7, 11) is 3.44. The van der Waals surface area contributed by atoms with Gasteiger partial charge >= 0.3 is 0 Å². The summed E-state index contributed by atoms with van der Waals surface area (Å²) >= 11 is 0. The van der Waals surface area contributed by atoms with Gasteiger partial charge in [-0.1, -0.05) is 25.0 Å². The van der Waals surface area contributed by atoms with E-state index in [1.807, 2.05) is 6.07 Å². The number of aliphatic imine (C=N–C) groups is 1. The molecule has 0 atom stereocenters. The molecule has 0 aliphatic heterocycles. The molecule has 1 aliphatic rings. The van der Waals surface area contributed by atoms with Crippen LogP contribution in [0.5, 0.6) is 0 Å². The molecule has 6 heteroatoms. The lowest BCUT2D eigenvalue weighted by Gasteiger charge is -2.18. The summed E-state index contributed by atoms with van der Waals surface area (Å²) < 4.78 is 13.2. The molecular weight excluding hydrogens is 307 g/mol. The molecule has 0 aromatic heterocycles. The zero-order chi connectivity index (χ0) is 17.4. The number of nitrogens with zero attached hydrogens (tertiary/aromatic N) is 2. The van der Waals surface area contributed by atoms with Gasteiger partial charge in [-0.05, 0) is 37.0 Å². The van der Waals surface area contributed by atoms with Crippen molar-refractivity contribution in [3.8, 4) is 0 Å². The number of guanidine groups is 1. The van der Waals surface area contributed by atoms with E-state index in [0.717, 1.165) is 18.4 Å². The number of hydrogen-bond donors (Lipinski definition) is 2. The highest BCUT2D eigenvalue weighted by atomic mass is 19.1. The van der Waals surface area contributed by atoms with Crippen molar-refractivity contribution in [1.82, 2.24) is 15.5 Å². The molecule has 5 nitrogen and oxygen atoms in total. The highest BCUT2D eigenvalue weighted by Gasteiger charge is 2.16. The van der Waals surface area contributed by atoms with Crippen molar-refractivity contribution in [3.05, 3.63) is 35.6 Å². The van der Waals surface area contributed by atoms with Crippen LogP contribution in [0.3, 0.4) is 0 Å². The molecule has 0 spiro atoms. The van der Waals surface area contributed by atoms with Crippen LogP contribution in [0, 0.1) is 5.82 Å². The van der Waals surface area contributed by atoms with Gasteiger partial charge in [0, 0.05) is 26.7 Å². The first-order valence-electron chi connectivity index (χ1n) is 8.54. The maximum atomic E-state index is 13.2. The second-order valence-corrected chi connectivity index (χ2v) is 6.39. The minimum absolute atomic E-state index is 0.0346. The molecule has 1 fully saturated rings. The highest BCUT2D eigenvalue weighted by Crippen LogP contribution is 2.17. The van der Waals surface area contributed by atoms with Crippen LogP contribution in [0.4, 0.5) is 4.39 Å². The number of carbonyl (C=O) groups is 1. The minimum Gasteiger partial charge on any atom is -0.356 e. The average molecular weight is 334 g/mol. The van der Waals surface area contributed by atoms with Gasteiger partial charge in [0.15, 0.2) is 5.96 Å². The van der Waals surface area contributed by atoms with Crippen LogP contribution in [0.2, 0.25) is 0 Å². The molecule has 1 aromatic rings. The third-order valence-corrected chi connectivity index (χ3v) is 4.16. The third-order valence-electron chi connectivity index (χ3n) is 4.16. The first kappa shape index (κ1) is 18.2. The Hall–Kier alpha value is -2.11. The topological polar surface area (TPSA) is 56.7 Å². The average Bonchev–Trinajstić information content (AvgIpc) is 3.05. The summed E-state index contributed by atoms with van der Waals surface area (Å²) in [5.41, 5.74) is 0.937. The van der Waals surface area contributed by atoms with Crippen molar-refractivity contribution in [1.29, 1.82) is 0 Å². The number of likely N-dealkylation sites (N-methyl/N-ethyl adjacent to an activating group) is 1. The maximum Gasteiger partial charge on any atom is 0.243 e. The fraction of sp³-hybridized carbons (Fsp3) is 0.556. The van der Waals surface area contributed by atoms with Gasteiger partial charge in [0.25, 0.3) is 0 Å². The molecule has 1 aromatic carbocycles. The molecule has 132 valence electrons. The highest BCUT2D eigenvalue weighted by molar-refractivity contribution is 5.84. The van der Waals surface area contributed by atoms with Crippen LogP contribution >= 0.6 is 0 Å². The van der Waals surface area contributed by atoms with E-state index in [1.54, 1.807) is 26.2 Å². The molecular formula is C18H27FN4O. The molecule has 0 unspecified atom stereocenters. The first-order valence-corrected chi connectivity index (χ1v) is 8.54. The normalized spacial score (nSPS) is 15.4. The zero-order valence-electron chi connectivity index (χ0n) is 14.5. The number of carbonyl (C=O) groups excluding carboxylic acids is 1. The van der Waals surface area contributed by atoms with E-state index >= 15 is 0 Å². The quantitative estimate of drug-likeness (QED) is 0.617. The Labute approximate surface area is 143 Å². The maximum absolute atomic E-state index is 13.2. The lowest BCUT2D eigenvalue weighted by atomic mass is 10.1. The summed E-state index contributed by atoms with van der Waals surface area (Å²) in [6.45, 7) is 0.757. The van der Waals surface area contributed by atoms with Crippen LogP contribution in [0.15, 0.2) is 29.3 Å². The zero-order valence-corrected chi connectivity index (χ0v) is 14.5. The SMILES string of the molecule is CN(C)C(=O)CN=C(NCCc1cccc(F)c1)NC1CCCC1. The lowest BCUT2D eigenvalue weighted by molar-refractivity contribution is -0.127. The van der Waals surface area contributed by atoms with Gasteiger partial charge in [-0.15, -0.1) is 0 Å². The fourth-order valence-electron chi connectivity index (χ4n) is 2.72. The second-order valence-electron chi connectivity index (χ2n) is 6.39. The van der Waals surface area contributed by atoms with E-state index in [4.69, 9.17) is 0 Å². The van der Waals surface area contributed by atoms with Gasteiger partial charge < -0.3 is 15.5 Å². The molecule has 0 bridgehead atoms. The standard InChI is InChI=1S/C18H27FN4O/c1-23(2)17(24)13-21-18(22-16-8-3-4-9-16)20-11-10-14-6-5-7-15(19)12-14/h5-7,12,16H,3-4,8-11,13H2,1-2H3,(H2,20,21,22). The van der Waals surface area contributed by atoms with Crippen LogP contribution in [-0.2, 0) is 11.2 Å². The molecule has 0 heterocycles. The van der Waals surface area contributed by atoms with Gasteiger partial charge in [0.1, 0.15) is 12.4 Å². The van der Waals surface area contributed by atoms with E-state index in [0.29, 0.717) is 25.0 Å². The summed E-state index contributed by atoms with van der Waals surface area (Å²) in [4.78, 5) is 17.7. The summed E-state index contributed by atoms with van der Waals surface area (Å²) in [6, 6.07) is 7.02. The van der Waals surface area contributed by atoms with Gasteiger partial charge in [-0.2, -0.15) is 0 Å². The Morgan fingerprint density at radius 1 is 1.33 bits per heavy atom. The fourth-order valence-corrected chi connectivity index (χ4v) is 2.72. The predicted octanol–water partition coefficient (Wildman–Crippen LogP) is 1.93. The van der Waals surface area contributed by atoms with Crippen molar-refractivity contribution in [2.75, 3.05) is 27.2 Å². The van der Waals surface area contributed by atoms with Crippen LogP contribution in [-0.4, -0.2) is 50.0 Å². The van der Waals surface area contributed by atoms with Crippen LogP contribution in [0.1, 0.15) is 31.2 Å². The Balaban J connectivity index is 1.88. The van der Waals surface area contributed by atoms with Crippen LogP contribution < -0.4 is 10.6 Å². The first-order chi connectivity index (χ1) is 11.5. The predicted molar refractivity (Wildman–Crippen MR) is 94.5 cm³/mol. The molecule has 1 amide bonds. The van der Waals surface area contributed by atoms with Crippen molar-refractivity contribution in [2.45, 2.75) is 38.1 Å². The van der Waals surface area contributed by atoms with Crippen molar-refractivity contribution < 1.29 is 9.18 Å². The van der Waals surface area contributed by atoms with Crippen molar-refractivity contribution >= 4 is 11.9 Å². The monoisotopic (exact) mass is 334 g/mol. The molecule has 2 N–H and O–H groups in total. The Morgan fingerprint density at radius 2 is 2.08 bits per heavy atom. The Morgan fingerprint density at radius 3 is 2.75 bits per heavy atom. The summed E-state index contributed by atoms with van der Waals surface area (Å²) in [5, 5.41) is 6.66. The number of halogens is 1. The Kier molecular flexibility index (Phi) is 7.03. The van der Waals surface area contributed by atoms with Gasteiger partial charge in [0.2, 0.25) is 5.91 Å². The second kappa shape index (κ2) is 9.25. The van der Waals surface area contributed by atoms with E-state index < -0.39 is 0 Å². The van der Waals surface area contributed by atoms with Gasteiger partial charge in [0.05, 0.1) is 0 Å². The van der Waals surface area contributed by atoms with Crippen LogP contribution in [0.25, 0.3) is 0 Å². The molecule has 24 heavy (non-hydrogen) atoms. The third kappa shape index (κ3) is 6.18. The smallest absolute Gasteiger partial charge is 0.243 e. The van der Waals surface area contributed by atoms with Gasteiger partial charge in [-0.3, -0.25) is 4.79 Å². The van der Waals surface area contributed by atoms with E-state index in [1.165, 1.54) is 23.8 Å². The van der Waals surface area contributed by atoms with E-state index in [2.05, 4.69) is 15.6 Å². The van der Waals surface area contributed by atoms with E-state index in [9.17, 15) is 9.18 Å². The summed E-state index contributed by atoms with van der Waals surface area (Å²) in [5.74, 6) is 0.406. The molecule has 0 saturated heterocycles. The number of nitrogens with one attached hydrogen (secondary N) is 2. The lowest BCUT2D eigenvalue weighted by Crippen LogP contribution is -2.43.